The summed E-state index contributed by atoms with van der Waals surface area (Å²) in [6, 6.07) is 5.25. The van der Waals surface area contributed by atoms with E-state index in [0.717, 1.165) is 17.4 Å². The number of thiophene rings is 1. The molecule has 0 unspecified atom stereocenters. The van der Waals surface area contributed by atoms with Gasteiger partial charge in [-0.25, -0.2) is 17.6 Å². The number of carbonyl (C=O) groups excluding carboxylic acids is 3. The second kappa shape index (κ2) is 12.4. The Morgan fingerprint density at radius 3 is 2.55 bits per heavy atom. The summed E-state index contributed by atoms with van der Waals surface area (Å²) in [5.74, 6) is -1.75. The van der Waals surface area contributed by atoms with E-state index in [4.69, 9.17) is 16.3 Å². The fourth-order valence-corrected chi connectivity index (χ4v) is 5.15. The molecular weight excluding hydrogens is 552 g/mol. The van der Waals surface area contributed by atoms with E-state index >= 15 is 0 Å². The number of nitrogens with one attached hydrogen (secondary N) is 2. The Morgan fingerprint density at radius 1 is 1.18 bits per heavy atom. The molecule has 2 fully saturated rings. The van der Waals surface area contributed by atoms with Crippen LogP contribution in [0.2, 0.25) is 4.34 Å². The fourth-order valence-electron chi connectivity index (χ4n) is 4.19. The molecule has 38 heavy (non-hydrogen) atoms. The molecule has 2 aromatic rings. The van der Waals surface area contributed by atoms with E-state index < -0.39 is 42.8 Å². The van der Waals surface area contributed by atoms with Gasteiger partial charge in [0.05, 0.1) is 22.4 Å². The van der Waals surface area contributed by atoms with E-state index in [1.54, 1.807) is 0 Å². The normalized spacial score (nSPS) is 16.8. The van der Waals surface area contributed by atoms with Gasteiger partial charge in [0.25, 0.3) is 24.7 Å². The van der Waals surface area contributed by atoms with Gasteiger partial charge in [-0.15, -0.1) is 11.3 Å². The quantitative estimate of drug-likeness (QED) is 0.392. The number of amides is 3. The first-order valence-corrected chi connectivity index (χ1v) is 13.0. The van der Waals surface area contributed by atoms with E-state index in [-0.39, 0.29) is 54.5 Å². The third kappa shape index (κ3) is 7.01. The average molecular weight is 577 g/mol. The summed E-state index contributed by atoms with van der Waals surface area (Å²) in [5, 5.41) is 5.00. The largest absolute Gasteiger partial charge is 0.370 e. The van der Waals surface area contributed by atoms with Crippen molar-refractivity contribution in [3.63, 3.8) is 0 Å². The smallest absolute Gasteiger partial charge is 0.265 e. The van der Waals surface area contributed by atoms with Crippen molar-refractivity contribution >= 4 is 52.0 Å². The number of hydrogen-bond donors (Lipinski definition) is 2. The van der Waals surface area contributed by atoms with Gasteiger partial charge in [-0.05, 0) is 43.2 Å². The summed E-state index contributed by atoms with van der Waals surface area (Å²) in [6.45, 7) is -0.777. The molecule has 1 aromatic carbocycles. The predicted molar refractivity (Wildman–Crippen MR) is 134 cm³/mol. The highest BCUT2D eigenvalue weighted by molar-refractivity contribution is 7.18. The first-order chi connectivity index (χ1) is 18.1. The second-order valence-electron chi connectivity index (χ2n) is 8.81. The maximum atomic E-state index is 14.0. The van der Waals surface area contributed by atoms with Gasteiger partial charge in [0.1, 0.15) is 12.6 Å². The second-order valence-corrected chi connectivity index (χ2v) is 10.5. The Bertz CT molecular complexity index is 1180. The van der Waals surface area contributed by atoms with Crippen molar-refractivity contribution in [1.82, 2.24) is 10.2 Å². The zero-order valence-corrected chi connectivity index (χ0v) is 21.5. The van der Waals surface area contributed by atoms with Gasteiger partial charge in [0.2, 0.25) is 5.91 Å². The highest BCUT2D eigenvalue weighted by Crippen LogP contribution is 2.33. The van der Waals surface area contributed by atoms with Crippen molar-refractivity contribution in [2.75, 3.05) is 43.1 Å². The Balaban J connectivity index is 1.55. The number of carbonyl (C=O) groups is 3. The zero-order valence-electron chi connectivity index (χ0n) is 20.0. The molecule has 0 radical (unpaired) electrons. The van der Waals surface area contributed by atoms with E-state index in [1.807, 2.05) is 0 Å². The van der Waals surface area contributed by atoms with Gasteiger partial charge in [-0.2, -0.15) is 0 Å². The number of hydrogen-bond acceptors (Lipinski definition) is 6. The van der Waals surface area contributed by atoms with E-state index in [2.05, 4.69) is 10.6 Å². The minimum atomic E-state index is -3.00. The third-order valence-corrected chi connectivity index (χ3v) is 7.38. The molecule has 1 atom stereocenters. The topological polar surface area (TPSA) is 91.0 Å². The molecule has 206 valence electrons. The molecule has 8 nitrogen and oxygen atoms in total. The Morgan fingerprint density at radius 2 is 1.95 bits per heavy atom. The Kier molecular flexibility index (Phi) is 9.23. The van der Waals surface area contributed by atoms with Crippen molar-refractivity contribution in [3.8, 4) is 0 Å². The first-order valence-electron chi connectivity index (χ1n) is 11.8. The SMILES string of the molecule is O=C(NC[C@@H](C(=O)Nc1ccc(N2CCOCC2=O)cc1C(F)F)N(CC(F)F)C1CC1)c1ccc(Cl)s1. The standard InChI is InChI=1S/C24H25ClF4N4O4S/c25-19-6-5-18(38-19)24(36)30-10-17(33(11-20(26)27)13-1-2-13)23(35)31-16-4-3-14(9-15(16)22(28)29)32-7-8-37-12-21(32)34/h3-6,9,13,17,20,22H,1-2,7-8,10-12H2,(H,30,36)(H,31,35)/t17-/m0/s1. The van der Waals surface area contributed by atoms with Gasteiger partial charge in [-0.1, -0.05) is 11.6 Å². The van der Waals surface area contributed by atoms with Crippen molar-refractivity contribution < 1.29 is 36.7 Å². The molecule has 2 N–H and O–H groups in total. The van der Waals surface area contributed by atoms with Gasteiger partial charge in [0.15, 0.2) is 0 Å². The number of benzene rings is 1. The van der Waals surface area contributed by atoms with Crippen LogP contribution in [0.1, 0.15) is 34.5 Å². The number of rotatable bonds is 11. The lowest BCUT2D eigenvalue weighted by Gasteiger charge is -2.31. The van der Waals surface area contributed by atoms with Crippen LogP contribution in [0.4, 0.5) is 28.9 Å². The molecule has 0 spiro atoms. The molecule has 1 saturated heterocycles. The summed E-state index contributed by atoms with van der Waals surface area (Å²) in [6.07, 6.45) is -4.56. The number of ether oxygens (including phenoxy) is 1. The highest BCUT2D eigenvalue weighted by atomic mass is 35.5. The van der Waals surface area contributed by atoms with E-state index in [0.29, 0.717) is 17.2 Å². The molecule has 1 aliphatic carbocycles. The summed E-state index contributed by atoms with van der Waals surface area (Å²) in [7, 11) is 0. The number of nitrogens with zero attached hydrogens (tertiary/aromatic N) is 2. The molecule has 1 saturated carbocycles. The minimum Gasteiger partial charge on any atom is -0.370 e. The van der Waals surface area contributed by atoms with E-state index in [1.165, 1.54) is 34.1 Å². The van der Waals surface area contributed by atoms with Crippen molar-refractivity contribution in [3.05, 3.63) is 45.1 Å². The van der Waals surface area contributed by atoms with Crippen LogP contribution in [-0.2, 0) is 14.3 Å². The lowest BCUT2D eigenvalue weighted by Crippen LogP contribution is -2.53. The van der Waals surface area contributed by atoms with Crippen LogP contribution in [0.25, 0.3) is 0 Å². The third-order valence-electron chi connectivity index (χ3n) is 6.15. The van der Waals surface area contributed by atoms with Crippen LogP contribution < -0.4 is 15.5 Å². The minimum absolute atomic E-state index is 0.172. The highest BCUT2D eigenvalue weighted by Gasteiger charge is 2.39. The van der Waals surface area contributed by atoms with Crippen LogP contribution in [0.15, 0.2) is 30.3 Å². The molecule has 2 heterocycles. The van der Waals surface area contributed by atoms with Gasteiger partial charge in [-0.3, -0.25) is 19.3 Å². The number of anilines is 2. The molecule has 14 heteroatoms. The first kappa shape index (κ1) is 28.3. The maximum absolute atomic E-state index is 14.0. The fraction of sp³-hybridized carbons (Fsp3) is 0.458. The Hall–Kier alpha value is -2.74. The molecule has 1 aromatic heterocycles. The zero-order chi connectivity index (χ0) is 27.4. The number of alkyl halides is 4. The average Bonchev–Trinajstić information content (AvgIpc) is 3.63. The van der Waals surface area contributed by atoms with Gasteiger partial charge < -0.3 is 20.3 Å². The molecule has 3 amide bonds. The molecule has 2 aliphatic rings. The summed E-state index contributed by atoms with van der Waals surface area (Å²) < 4.78 is 60.2. The maximum Gasteiger partial charge on any atom is 0.265 e. The lowest BCUT2D eigenvalue weighted by atomic mass is 10.1. The van der Waals surface area contributed by atoms with Crippen LogP contribution in [0, 0.1) is 0 Å². The van der Waals surface area contributed by atoms with Crippen LogP contribution in [0.3, 0.4) is 0 Å². The van der Waals surface area contributed by atoms with E-state index in [9.17, 15) is 31.9 Å². The summed E-state index contributed by atoms with van der Waals surface area (Å²) in [5.41, 5.74) is -0.524. The van der Waals surface area contributed by atoms with Crippen molar-refractivity contribution in [2.24, 2.45) is 0 Å². The summed E-state index contributed by atoms with van der Waals surface area (Å²) >= 11 is 6.88. The lowest BCUT2D eigenvalue weighted by molar-refractivity contribution is -0.125. The predicted octanol–water partition coefficient (Wildman–Crippen LogP) is 4.17. The van der Waals surface area contributed by atoms with Crippen molar-refractivity contribution in [1.29, 1.82) is 0 Å². The van der Waals surface area contributed by atoms with Crippen LogP contribution >= 0.6 is 22.9 Å². The molecule has 1 aliphatic heterocycles. The van der Waals surface area contributed by atoms with Crippen LogP contribution in [-0.4, -0.2) is 74.0 Å². The van der Waals surface area contributed by atoms with Crippen molar-refractivity contribution in [2.45, 2.75) is 37.8 Å². The molecular formula is C24H25ClF4N4O4S. The van der Waals surface area contributed by atoms with Gasteiger partial charge in [0, 0.05) is 36.1 Å². The molecule has 4 rings (SSSR count). The van der Waals surface area contributed by atoms with Gasteiger partial charge >= 0.3 is 0 Å². The van der Waals surface area contributed by atoms with Crippen LogP contribution in [0.5, 0.6) is 0 Å². The number of morpholine rings is 1. The number of halogens is 5. The molecule has 0 bridgehead atoms. The Labute approximate surface area is 224 Å². The monoisotopic (exact) mass is 576 g/mol. The summed E-state index contributed by atoms with van der Waals surface area (Å²) in [4.78, 5) is 40.9.